The fourth-order valence-electron chi connectivity index (χ4n) is 2.62. The van der Waals surface area contributed by atoms with Gasteiger partial charge in [-0.3, -0.25) is 4.90 Å². The first-order valence-electron chi connectivity index (χ1n) is 7.87. The van der Waals surface area contributed by atoms with Crippen molar-refractivity contribution in [3.05, 3.63) is 65.7 Å². The molecule has 0 aromatic heterocycles. The van der Waals surface area contributed by atoms with Crippen LogP contribution in [0.1, 0.15) is 11.1 Å². The van der Waals surface area contributed by atoms with Gasteiger partial charge in [0.25, 0.3) is 0 Å². The van der Waals surface area contributed by atoms with Crippen molar-refractivity contribution < 1.29 is 9.84 Å². The highest BCUT2D eigenvalue weighted by atomic mass is 16.5. The quantitative estimate of drug-likeness (QED) is 0.783. The summed E-state index contributed by atoms with van der Waals surface area (Å²) in [4.78, 5) is 2.07. The summed E-state index contributed by atoms with van der Waals surface area (Å²) >= 11 is 0. The number of ether oxygens (including phenoxy) is 1. The van der Waals surface area contributed by atoms with Crippen molar-refractivity contribution in [2.24, 2.45) is 5.73 Å². The molecule has 0 saturated carbocycles. The van der Waals surface area contributed by atoms with E-state index in [0.29, 0.717) is 13.0 Å². The van der Waals surface area contributed by atoms with E-state index < -0.39 is 6.10 Å². The fourth-order valence-corrected chi connectivity index (χ4v) is 2.62. The maximum Gasteiger partial charge on any atom is 0.119 e. The molecule has 0 amide bonds. The number of rotatable bonds is 8. The normalized spacial score (nSPS) is 13.8. The highest BCUT2D eigenvalue weighted by Gasteiger charge is 2.17. The molecule has 4 heteroatoms. The van der Waals surface area contributed by atoms with E-state index in [1.54, 1.807) is 7.11 Å². The molecular weight excluding hydrogens is 288 g/mol. The van der Waals surface area contributed by atoms with E-state index in [9.17, 15) is 5.11 Å². The molecule has 0 saturated heterocycles. The van der Waals surface area contributed by atoms with Gasteiger partial charge in [0.1, 0.15) is 5.75 Å². The zero-order valence-corrected chi connectivity index (χ0v) is 13.9. The lowest BCUT2D eigenvalue weighted by Crippen LogP contribution is -2.43. The lowest BCUT2D eigenvalue weighted by atomic mass is 10.0. The van der Waals surface area contributed by atoms with Gasteiger partial charge >= 0.3 is 0 Å². The first-order chi connectivity index (χ1) is 11.1. The highest BCUT2D eigenvalue weighted by Crippen LogP contribution is 2.14. The number of nitrogens with two attached hydrogens (primary N) is 1. The minimum atomic E-state index is -0.564. The van der Waals surface area contributed by atoms with Gasteiger partial charge in [-0.2, -0.15) is 0 Å². The van der Waals surface area contributed by atoms with E-state index in [4.69, 9.17) is 10.5 Å². The summed E-state index contributed by atoms with van der Waals surface area (Å²) in [7, 11) is 3.65. The molecule has 3 N–H and O–H groups in total. The Morgan fingerprint density at radius 1 is 1.09 bits per heavy atom. The number of hydrogen-bond acceptors (Lipinski definition) is 4. The van der Waals surface area contributed by atoms with Crippen molar-refractivity contribution in [2.45, 2.75) is 25.1 Å². The first kappa shape index (κ1) is 17.5. The van der Waals surface area contributed by atoms with Crippen molar-refractivity contribution in [2.75, 3.05) is 20.7 Å². The monoisotopic (exact) mass is 314 g/mol. The van der Waals surface area contributed by atoms with E-state index in [-0.39, 0.29) is 6.04 Å². The third-order valence-corrected chi connectivity index (χ3v) is 3.89. The molecule has 0 heterocycles. The maximum absolute atomic E-state index is 10.3. The standard InChI is InChI=1S/C19H26N2O2/c1-21(13-16-9-6-10-17(11-16)23-2)14-19(22)18(20)12-15-7-4-3-5-8-15/h3-11,18-19,22H,12-14,20H2,1-2H3. The lowest BCUT2D eigenvalue weighted by Gasteiger charge is -2.25. The van der Waals surface area contributed by atoms with Gasteiger partial charge in [0.05, 0.1) is 13.2 Å². The van der Waals surface area contributed by atoms with Gasteiger partial charge in [-0.05, 0) is 36.7 Å². The van der Waals surface area contributed by atoms with Crippen molar-refractivity contribution in [1.29, 1.82) is 0 Å². The Labute approximate surface area is 138 Å². The summed E-state index contributed by atoms with van der Waals surface area (Å²) in [6.07, 6.45) is 0.112. The molecule has 0 aliphatic heterocycles. The van der Waals surface area contributed by atoms with E-state index in [0.717, 1.165) is 23.4 Å². The van der Waals surface area contributed by atoms with Crippen LogP contribution in [0, 0.1) is 0 Å². The summed E-state index contributed by atoms with van der Waals surface area (Å²) in [5.41, 5.74) is 8.44. The van der Waals surface area contributed by atoms with Crippen molar-refractivity contribution in [3.63, 3.8) is 0 Å². The SMILES string of the molecule is COc1cccc(CN(C)CC(O)C(N)Cc2ccccc2)c1. The van der Waals surface area contributed by atoms with Crippen LogP contribution in [0.2, 0.25) is 0 Å². The van der Waals surface area contributed by atoms with Gasteiger partial charge in [0.15, 0.2) is 0 Å². The molecule has 2 atom stereocenters. The van der Waals surface area contributed by atoms with Crippen molar-refractivity contribution in [1.82, 2.24) is 4.90 Å². The van der Waals surface area contributed by atoms with Crippen LogP contribution >= 0.6 is 0 Å². The highest BCUT2D eigenvalue weighted by molar-refractivity contribution is 5.28. The average Bonchev–Trinajstić information content (AvgIpc) is 2.55. The third-order valence-electron chi connectivity index (χ3n) is 3.89. The van der Waals surface area contributed by atoms with Gasteiger partial charge in [-0.1, -0.05) is 42.5 Å². The Morgan fingerprint density at radius 2 is 1.78 bits per heavy atom. The zero-order valence-electron chi connectivity index (χ0n) is 13.9. The first-order valence-corrected chi connectivity index (χ1v) is 7.87. The summed E-state index contributed by atoms with van der Waals surface area (Å²) in [6.45, 7) is 1.28. The van der Waals surface area contributed by atoms with Crippen LogP contribution in [0.4, 0.5) is 0 Å². The molecule has 2 rings (SSSR count). The molecule has 0 aliphatic carbocycles. The number of likely N-dealkylation sites (N-methyl/N-ethyl adjacent to an activating group) is 1. The molecule has 2 aromatic carbocycles. The van der Waals surface area contributed by atoms with Crippen molar-refractivity contribution in [3.8, 4) is 5.75 Å². The second-order valence-corrected chi connectivity index (χ2v) is 5.97. The molecule has 4 nitrogen and oxygen atoms in total. The smallest absolute Gasteiger partial charge is 0.119 e. The predicted octanol–water partition coefficient (Wildman–Crippen LogP) is 2.06. The van der Waals surface area contributed by atoms with Crippen LogP contribution in [0.5, 0.6) is 5.75 Å². The molecule has 124 valence electrons. The lowest BCUT2D eigenvalue weighted by molar-refractivity contribution is 0.0992. The molecule has 0 spiro atoms. The Hall–Kier alpha value is -1.88. The molecule has 0 fully saturated rings. The number of hydrogen-bond donors (Lipinski definition) is 2. The molecule has 2 aromatic rings. The van der Waals surface area contributed by atoms with Crippen LogP contribution in [-0.4, -0.2) is 42.9 Å². The Morgan fingerprint density at radius 3 is 2.48 bits per heavy atom. The van der Waals surface area contributed by atoms with Crippen LogP contribution < -0.4 is 10.5 Å². The topological polar surface area (TPSA) is 58.7 Å². The Bertz CT molecular complexity index is 589. The van der Waals surface area contributed by atoms with Gasteiger partial charge in [-0.25, -0.2) is 0 Å². The van der Waals surface area contributed by atoms with Gasteiger partial charge in [0.2, 0.25) is 0 Å². The van der Waals surface area contributed by atoms with Crippen LogP contribution in [0.15, 0.2) is 54.6 Å². The minimum Gasteiger partial charge on any atom is -0.497 e. The van der Waals surface area contributed by atoms with E-state index in [1.807, 2.05) is 55.6 Å². The molecule has 23 heavy (non-hydrogen) atoms. The van der Waals surface area contributed by atoms with Gasteiger partial charge in [-0.15, -0.1) is 0 Å². The van der Waals surface area contributed by atoms with Crippen LogP contribution in [-0.2, 0) is 13.0 Å². The van der Waals surface area contributed by atoms with E-state index in [1.165, 1.54) is 0 Å². The summed E-state index contributed by atoms with van der Waals surface area (Å²) < 4.78 is 5.23. The zero-order chi connectivity index (χ0) is 16.7. The number of nitrogens with zero attached hydrogens (tertiary/aromatic N) is 1. The third kappa shape index (κ3) is 5.67. The molecule has 0 radical (unpaired) electrons. The Kier molecular flexibility index (Phi) is 6.59. The largest absolute Gasteiger partial charge is 0.497 e. The van der Waals surface area contributed by atoms with Crippen molar-refractivity contribution >= 4 is 0 Å². The minimum absolute atomic E-state index is 0.273. The maximum atomic E-state index is 10.3. The number of methoxy groups -OCH3 is 1. The second kappa shape index (κ2) is 8.67. The fraction of sp³-hybridized carbons (Fsp3) is 0.368. The molecule has 2 unspecified atom stereocenters. The predicted molar refractivity (Wildman–Crippen MR) is 93.5 cm³/mol. The summed E-state index contributed by atoms with van der Waals surface area (Å²) in [5.74, 6) is 0.845. The summed E-state index contributed by atoms with van der Waals surface area (Å²) in [5, 5.41) is 10.3. The van der Waals surface area contributed by atoms with E-state index >= 15 is 0 Å². The number of aliphatic hydroxyl groups excluding tert-OH is 1. The van der Waals surface area contributed by atoms with Gasteiger partial charge in [0, 0.05) is 19.1 Å². The molecule has 0 aliphatic rings. The van der Waals surface area contributed by atoms with Crippen LogP contribution in [0.25, 0.3) is 0 Å². The average molecular weight is 314 g/mol. The molecule has 0 bridgehead atoms. The van der Waals surface area contributed by atoms with Crippen LogP contribution in [0.3, 0.4) is 0 Å². The number of aliphatic hydroxyl groups is 1. The summed E-state index contributed by atoms with van der Waals surface area (Å²) in [6, 6.07) is 17.7. The second-order valence-electron chi connectivity index (χ2n) is 5.97. The molecular formula is C19H26N2O2. The number of benzene rings is 2. The Balaban J connectivity index is 1.84. The van der Waals surface area contributed by atoms with E-state index in [2.05, 4.69) is 11.0 Å². The van der Waals surface area contributed by atoms with Gasteiger partial charge < -0.3 is 15.6 Å².